The highest BCUT2D eigenvalue weighted by Gasteiger charge is 2.10. The molecule has 0 aliphatic carbocycles. The van der Waals surface area contributed by atoms with Crippen LogP contribution >= 0.6 is 11.6 Å². The molecule has 1 aromatic heterocycles. The van der Waals surface area contributed by atoms with Crippen molar-refractivity contribution in [2.75, 3.05) is 20.3 Å². The van der Waals surface area contributed by atoms with Crippen molar-refractivity contribution < 1.29 is 9.13 Å². The summed E-state index contributed by atoms with van der Waals surface area (Å²) in [5.41, 5.74) is 2.50. The zero-order valence-corrected chi connectivity index (χ0v) is 15.2. The Morgan fingerprint density at radius 1 is 1.12 bits per heavy atom. The molecule has 0 aliphatic rings. The van der Waals surface area contributed by atoms with Crippen molar-refractivity contribution in [2.45, 2.75) is 13.1 Å². The van der Waals surface area contributed by atoms with Gasteiger partial charge in [0.15, 0.2) is 5.43 Å². The van der Waals surface area contributed by atoms with Gasteiger partial charge in [-0.2, -0.15) is 0 Å². The maximum absolute atomic E-state index is 13.1. The molecule has 0 amide bonds. The van der Waals surface area contributed by atoms with Crippen LogP contribution < -0.4 is 5.43 Å². The fourth-order valence-electron chi connectivity index (χ4n) is 2.88. The predicted octanol–water partition coefficient (Wildman–Crippen LogP) is 3.97. The number of aromatic amines is 1. The molecular formula is C20H20ClFN2O2. The van der Waals surface area contributed by atoms with Crippen molar-refractivity contribution in [3.05, 3.63) is 80.9 Å². The first kappa shape index (κ1) is 18.6. The Balaban J connectivity index is 1.83. The number of H-pyrrole nitrogens is 1. The van der Waals surface area contributed by atoms with Gasteiger partial charge in [0.05, 0.1) is 6.61 Å². The third-order valence-electron chi connectivity index (χ3n) is 4.17. The smallest absolute Gasteiger partial charge is 0.189 e. The average Bonchev–Trinajstić information content (AvgIpc) is 2.62. The number of hydrogen-bond donors (Lipinski definition) is 1. The number of nitrogens with zero attached hydrogens (tertiary/aromatic N) is 1. The van der Waals surface area contributed by atoms with Gasteiger partial charge in [0.25, 0.3) is 0 Å². The lowest BCUT2D eigenvalue weighted by Gasteiger charge is -2.22. The molecule has 0 atom stereocenters. The molecule has 3 rings (SSSR count). The van der Waals surface area contributed by atoms with Gasteiger partial charge >= 0.3 is 0 Å². The average molecular weight is 375 g/mol. The van der Waals surface area contributed by atoms with Crippen molar-refractivity contribution in [3.63, 3.8) is 0 Å². The van der Waals surface area contributed by atoms with Crippen molar-refractivity contribution in [2.24, 2.45) is 0 Å². The summed E-state index contributed by atoms with van der Waals surface area (Å²) in [7, 11) is 1.65. The summed E-state index contributed by atoms with van der Waals surface area (Å²) in [5, 5.41) is 1.11. The molecule has 3 aromatic rings. The van der Waals surface area contributed by atoms with Gasteiger partial charge in [-0.05, 0) is 35.9 Å². The second kappa shape index (κ2) is 8.45. The number of hydrogen-bond acceptors (Lipinski definition) is 3. The molecule has 0 spiro atoms. The van der Waals surface area contributed by atoms with Crippen molar-refractivity contribution in [1.82, 2.24) is 9.88 Å². The van der Waals surface area contributed by atoms with E-state index in [1.54, 1.807) is 37.4 Å². The summed E-state index contributed by atoms with van der Waals surface area (Å²) >= 11 is 5.97. The molecule has 6 heteroatoms. The third-order valence-corrected chi connectivity index (χ3v) is 4.41. The molecule has 1 N–H and O–H groups in total. The van der Waals surface area contributed by atoms with Crippen molar-refractivity contribution >= 4 is 22.5 Å². The molecule has 0 bridgehead atoms. The number of aromatic nitrogens is 1. The number of methoxy groups -OCH3 is 1. The molecule has 26 heavy (non-hydrogen) atoms. The van der Waals surface area contributed by atoms with Crippen LogP contribution in [0.4, 0.5) is 4.39 Å². The van der Waals surface area contributed by atoms with Gasteiger partial charge in [-0.25, -0.2) is 4.39 Å². The second-order valence-electron chi connectivity index (χ2n) is 6.18. The van der Waals surface area contributed by atoms with E-state index in [-0.39, 0.29) is 11.2 Å². The summed E-state index contributed by atoms with van der Waals surface area (Å²) in [6.07, 6.45) is 0. The lowest BCUT2D eigenvalue weighted by molar-refractivity contribution is 0.139. The normalized spacial score (nSPS) is 11.4. The lowest BCUT2D eigenvalue weighted by Crippen LogP contribution is -2.27. The summed E-state index contributed by atoms with van der Waals surface area (Å²) < 4.78 is 18.3. The molecule has 4 nitrogen and oxygen atoms in total. The fraction of sp³-hybridized carbons (Fsp3) is 0.250. The van der Waals surface area contributed by atoms with Crippen LogP contribution in [0.3, 0.4) is 0 Å². The summed E-state index contributed by atoms with van der Waals surface area (Å²) in [4.78, 5) is 17.8. The van der Waals surface area contributed by atoms with Crippen LogP contribution in [0.1, 0.15) is 11.3 Å². The number of halogens is 2. The number of rotatable bonds is 7. The number of fused-ring (bicyclic) bond motifs is 1. The van der Waals surface area contributed by atoms with E-state index in [0.717, 1.165) is 16.8 Å². The van der Waals surface area contributed by atoms with Gasteiger partial charge in [-0.15, -0.1) is 0 Å². The summed E-state index contributed by atoms with van der Waals surface area (Å²) in [6.45, 7) is 2.43. The maximum Gasteiger partial charge on any atom is 0.189 e. The number of benzene rings is 2. The fourth-order valence-corrected chi connectivity index (χ4v) is 3.05. The third kappa shape index (κ3) is 4.69. The quantitative estimate of drug-likeness (QED) is 0.680. The zero-order valence-electron chi connectivity index (χ0n) is 14.5. The molecule has 1 heterocycles. The van der Waals surface area contributed by atoms with Gasteiger partial charge in [0, 0.05) is 54.4 Å². The van der Waals surface area contributed by atoms with E-state index in [4.69, 9.17) is 16.3 Å². The van der Waals surface area contributed by atoms with E-state index in [9.17, 15) is 9.18 Å². The summed E-state index contributed by atoms with van der Waals surface area (Å²) in [6, 6.07) is 13.3. The minimum Gasteiger partial charge on any atom is -0.383 e. The van der Waals surface area contributed by atoms with Crippen molar-refractivity contribution in [1.29, 1.82) is 0 Å². The number of ether oxygens (including phenoxy) is 1. The van der Waals surface area contributed by atoms with Crippen LogP contribution in [0.5, 0.6) is 0 Å². The Kier molecular flexibility index (Phi) is 6.04. The summed E-state index contributed by atoms with van der Waals surface area (Å²) in [5.74, 6) is -0.255. The molecular weight excluding hydrogens is 355 g/mol. The van der Waals surface area contributed by atoms with Gasteiger partial charge in [0.2, 0.25) is 0 Å². The zero-order chi connectivity index (χ0) is 18.5. The first-order valence-electron chi connectivity index (χ1n) is 8.32. The molecule has 0 aliphatic heterocycles. The lowest BCUT2D eigenvalue weighted by atomic mass is 10.1. The van der Waals surface area contributed by atoms with Crippen LogP contribution in [-0.4, -0.2) is 30.1 Å². The van der Waals surface area contributed by atoms with Gasteiger partial charge in [-0.3, -0.25) is 9.69 Å². The second-order valence-corrected chi connectivity index (χ2v) is 6.62. The van der Waals surface area contributed by atoms with E-state index < -0.39 is 0 Å². The Bertz CT molecular complexity index is 941. The molecule has 0 saturated carbocycles. The minimum absolute atomic E-state index is 0.0651. The van der Waals surface area contributed by atoms with E-state index in [2.05, 4.69) is 9.88 Å². The Morgan fingerprint density at radius 2 is 1.88 bits per heavy atom. The van der Waals surface area contributed by atoms with E-state index in [1.165, 1.54) is 12.1 Å². The Labute approximate surface area is 156 Å². The first-order chi connectivity index (χ1) is 12.5. The molecule has 2 aromatic carbocycles. The highest BCUT2D eigenvalue weighted by molar-refractivity contribution is 6.31. The SMILES string of the molecule is COCCN(Cc1ccc(F)cc1)Cc1cc(=O)c2cc(Cl)ccc2[nH]1. The Morgan fingerprint density at radius 3 is 2.62 bits per heavy atom. The van der Waals surface area contributed by atoms with Crippen LogP contribution in [-0.2, 0) is 17.8 Å². The van der Waals surface area contributed by atoms with E-state index >= 15 is 0 Å². The number of pyridine rings is 1. The standard InChI is InChI=1S/C20H20ClFN2O2/c1-26-9-8-24(12-14-2-5-16(22)6-3-14)13-17-11-20(25)18-10-15(21)4-7-19(18)23-17/h2-7,10-11H,8-9,12-13H2,1H3,(H,23,25). The predicted molar refractivity (Wildman–Crippen MR) is 102 cm³/mol. The van der Waals surface area contributed by atoms with Gasteiger partial charge < -0.3 is 9.72 Å². The van der Waals surface area contributed by atoms with Crippen molar-refractivity contribution in [3.8, 4) is 0 Å². The first-order valence-corrected chi connectivity index (χ1v) is 8.70. The van der Waals surface area contributed by atoms with E-state index in [1.807, 2.05) is 6.07 Å². The van der Waals surface area contributed by atoms with Gasteiger partial charge in [0.1, 0.15) is 5.82 Å². The van der Waals surface area contributed by atoms with Crippen LogP contribution in [0.2, 0.25) is 5.02 Å². The molecule has 0 saturated heterocycles. The molecule has 0 fully saturated rings. The molecule has 0 radical (unpaired) electrons. The Hall–Kier alpha value is -2.21. The van der Waals surface area contributed by atoms with Gasteiger partial charge in [-0.1, -0.05) is 23.7 Å². The minimum atomic E-state index is -0.255. The topological polar surface area (TPSA) is 45.3 Å². The largest absolute Gasteiger partial charge is 0.383 e. The maximum atomic E-state index is 13.1. The highest BCUT2D eigenvalue weighted by Crippen LogP contribution is 2.16. The number of nitrogens with one attached hydrogen (secondary N) is 1. The van der Waals surface area contributed by atoms with Crippen LogP contribution in [0, 0.1) is 5.82 Å². The van der Waals surface area contributed by atoms with E-state index in [0.29, 0.717) is 36.7 Å². The monoisotopic (exact) mass is 374 g/mol. The molecule has 0 unspecified atom stereocenters. The van der Waals surface area contributed by atoms with Crippen LogP contribution in [0.15, 0.2) is 53.3 Å². The van der Waals surface area contributed by atoms with Crippen LogP contribution in [0.25, 0.3) is 10.9 Å². The molecule has 136 valence electrons. The highest BCUT2D eigenvalue weighted by atomic mass is 35.5.